The molecule has 0 radical (unpaired) electrons. The van der Waals surface area contributed by atoms with E-state index in [0.29, 0.717) is 0 Å². The fourth-order valence-electron chi connectivity index (χ4n) is 3.01. The molecule has 0 amide bonds. The van der Waals surface area contributed by atoms with Crippen LogP contribution in [0.2, 0.25) is 0 Å². The molecule has 0 fully saturated rings. The van der Waals surface area contributed by atoms with Crippen molar-refractivity contribution in [2.24, 2.45) is 10.8 Å². The Hall–Kier alpha value is -2.03. The van der Waals surface area contributed by atoms with Crippen molar-refractivity contribution in [1.29, 1.82) is 0 Å². The standard InChI is InChI=1S/C14H14N4/c15-18-8-6-11-10-4-2-1-3-5-12(10)17-9-7-16-14(18)13(11)17/h1,3-5H,6-9,15H2. The molecule has 3 heterocycles. The van der Waals surface area contributed by atoms with Gasteiger partial charge >= 0.3 is 0 Å². The van der Waals surface area contributed by atoms with E-state index in [1.807, 2.05) is 12.2 Å². The topological polar surface area (TPSA) is 46.5 Å². The number of nitrogens with two attached hydrogens (primary N) is 1. The maximum absolute atomic E-state index is 6.04. The molecule has 1 aromatic heterocycles. The molecule has 4 nitrogen and oxygen atoms in total. The van der Waals surface area contributed by atoms with E-state index in [0.717, 1.165) is 31.9 Å². The Labute approximate surface area is 105 Å². The predicted molar refractivity (Wildman–Crippen MR) is 72.0 cm³/mol. The minimum atomic E-state index is 0.807. The molecule has 4 heteroatoms. The first-order chi connectivity index (χ1) is 8.86. The number of aliphatic imine (C=N–C) groups is 1. The third-order valence-corrected chi connectivity index (χ3v) is 3.79. The second-order valence-electron chi connectivity index (χ2n) is 4.76. The number of nitrogens with zero attached hydrogens (tertiary/aromatic N) is 3. The molecular weight excluding hydrogens is 224 g/mol. The molecule has 18 heavy (non-hydrogen) atoms. The lowest BCUT2D eigenvalue weighted by Gasteiger charge is -2.30. The summed E-state index contributed by atoms with van der Waals surface area (Å²) < 4.78 is 2.35. The number of hydrazine groups is 1. The zero-order valence-corrected chi connectivity index (χ0v) is 10.1. The Bertz CT molecular complexity index is 654. The summed E-state index contributed by atoms with van der Waals surface area (Å²) in [5.74, 6) is 6.98. The van der Waals surface area contributed by atoms with Gasteiger partial charge in [-0.1, -0.05) is 6.08 Å². The lowest BCUT2D eigenvalue weighted by atomic mass is 10.0. The summed E-state index contributed by atoms with van der Waals surface area (Å²) in [6, 6.07) is 0. The highest BCUT2D eigenvalue weighted by Crippen LogP contribution is 2.32. The average Bonchev–Trinajstić information content (AvgIpc) is 2.57. The summed E-state index contributed by atoms with van der Waals surface area (Å²) in [7, 11) is 0. The average molecular weight is 238 g/mol. The minimum Gasteiger partial charge on any atom is -0.336 e. The number of rotatable bonds is 0. The minimum absolute atomic E-state index is 0.807. The molecule has 90 valence electrons. The number of fused-ring (bicyclic) bond motifs is 3. The highest BCUT2D eigenvalue weighted by molar-refractivity contribution is 6.01. The first-order valence-electron chi connectivity index (χ1n) is 6.28. The number of hydrogen-bond donors (Lipinski definition) is 1. The summed E-state index contributed by atoms with van der Waals surface area (Å²) in [5.41, 5.74) is 8.35. The Morgan fingerprint density at radius 3 is 3.22 bits per heavy atom. The van der Waals surface area contributed by atoms with Gasteiger partial charge < -0.3 is 4.57 Å². The van der Waals surface area contributed by atoms with Gasteiger partial charge in [0.2, 0.25) is 0 Å². The van der Waals surface area contributed by atoms with Crippen molar-refractivity contribution >= 4 is 18.0 Å². The fourth-order valence-corrected chi connectivity index (χ4v) is 3.01. The van der Waals surface area contributed by atoms with Crippen molar-refractivity contribution in [2.45, 2.75) is 13.0 Å². The predicted octanol–water partition coefficient (Wildman–Crippen LogP) is 1.18. The Kier molecular flexibility index (Phi) is 1.92. The van der Waals surface area contributed by atoms with Gasteiger partial charge in [0.15, 0.2) is 5.84 Å². The van der Waals surface area contributed by atoms with Gasteiger partial charge in [0.05, 0.1) is 12.2 Å². The number of allylic oxidation sites excluding steroid dienone is 2. The molecule has 0 bridgehead atoms. The monoisotopic (exact) mass is 238 g/mol. The maximum Gasteiger partial charge on any atom is 0.162 e. The second-order valence-corrected chi connectivity index (χ2v) is 4.76. The van der Waals surface area contributed by atoms with Crippen molar-refractivity contribution in [3.63, 3.8) is 0 Å². The summed E-state index contributed by atoms with van der Waals surface area (Å²) in [5, 5.41) is 1.78. The maximum atomic E-state index is 6.04. The molecule has 0 saturated carbocycles. The molecular formula is C14H14N4. The van der Waals surface area contributed by atoms with E-state index in [9.17, 15) is 0 Å². The van der Waals surface area contributed by atoms with Gasteiger partial charge in [0.1, 0.15) is 0 Å². The second kappa shape index (κ2) is 3.48. The van der Waals surface area contributed by atoms with Gasteiger partial charge in [-0.15, -0.1) is 5.73 Å². The summed E-state index contributed by atoms with van der Waals surface area (Å²) >= 11 is 0. The number of hydrogen-bond acceptors (Lipinski definition) is 3. The van der Waals surface area contributed by atoms with E-state index in [2.05, 4.69) is 27.4 Å². The van der Waals surface area contributed by atoms with Gasteiger partial charge in [-0.2, -0.15) is 0 Å². The van der Waals surface area contributed by atoms with Crippen LogP contribution in [0.15, 0.2) is 22.9 Å². The van der Waals surface area contributed by atoms with Crippen molar-refractivity contribution in [2.75, 3.05) is 13.1 Å². The van der Waals surface area contributed by atoms with Crippen LogP contribution < -0.4 is 5.84 Å². The van der Waals surface area contributed by atoms with Gasteiger partial charge in [0, 0.05) is 24.3 Å². The van der Waals surface area contributed by atoms with Crippen LogP contribution in [0.25, 0.3) is 12.2 Å². The molecule has 0 atom stereocenters. The highest BCUT2D eigenvalue weighted by atomic mass is 15.4. The van der Waals surface area contributed by atoms with Crippen LogP contribution in [-0.4, -0.2) is 28.5 Å². The zero-order chi connectivity index (χ0) is 12.1. The van der Waals surface area contributed by atoms with E-state index < -0.39 is 0 Å². The Morgan fingerprint density at radius 2 is 2.28 bits per heavy atom. The van der Waals surface area contributed by atoms with Crippen molar-refractivity contribution in [3.8, 4) is 0 Å². The van der Waals surface area contributed by atoms with E-state index in [-0.39, 0.29) is 0 Å². The van der Waals surface area contributed by atoms with Crippen molar-refractivity contribution < 1.29 is 0 Å². The van der Waals surface area contributed by atoms with E-state index >= 15 is 0 Å². The molecule has 0 spiro atoms. The van der Waals surface area contributed by atoms with Gasteiger partial charge in [0.25, 0.3) is 0 Å². The van der Waals surface area contributed by atoms with Crippen LogP contribution in [0.5, 0.6) is 0 Å². The fraction of sp³-hybridized carbons (Fsp3) is 0.286. The molecule has 3 aliphatic rings. The number of aromatic nitrogens is 1. The zero-order valence-electron chi connectivity index (χ0n) is 10.1. The Morgan fingerprint density at radius 1 is 1.33 bits per heavy atom. The molecule has 2 aliphatic heterocycles. The van der Waals surface area contributed by atoms with E-state index in [1.165, 1.54) is 22.5 Å². The third-order valence-electron chi connectivity index (χ3n) is 3.79. The summed E-state index contributed by atoms with van der Waals surface area (Å²) in [6.07, 6.45) is 9.22. The smallest absolute Gasteiger partial charge is 0.162 e. The molecule has 0 saturated heterocycles. The molecule has 0 aromatic carbocycles. The van der Waals surface area contributed by atoms with E-state index in [4.69, 9.17) is 5.84 Å². The SMILES string of the molecule is NN1CCc2c3c(n4c2C1=NCC4)C=CC=C=C3. The van der Waals surface area contributed by atoms with Gasteiger partial charge in [-0.05, 0) is 30.2 Å². The van der Waals surface area contributed by atoms with Crippen LogP contribution in [0.1, 0.15) is 22.5 Å². The Balaban J connectivity index is 2.07. The number of amidine groups is 1. The lowest BCUT2D eigenvalue weighted by molar-refractivity contribution is 0.420. The first-order valence-corrected chi connectivity index (χ1v) is 6.28. The van der Waals surface area contributed by atoms with Crippen LogP contribution >= 0.6 is 0 Å². The van der Waals surface area contributed by atoms with Gasteiger partial charge in [-0.25, -0.2) is 5.84 Å². The molecule has 1 aromatic rings. The normalized spacial score (nSPS) is 19.4. The van der Waals surface area contributed by atoms with Crippen LogP contribution in [0.3, 0.4) is 0 Å². The van der Waals surface area contributed by atoms with Crippen molar-refractivity contribution in [1.82, 2.24) is 9.58 Å². The quantitative estimate of drug-likeness (QED) is 0.545. The van der Waals surface area contributed by atoms with Gasteiger partial charge in [-0.3, -0.25) is 10.0 Å². The van der Waals surface area contributed by atoms with E-state index in [1.54, 1.807) is 5.01 Å². The largest absolute Gasteiger partial charge is 0.336 e. The molecule has 4 rings (SSSR count). The van der Waals surface area contributed by atoms with Crippen LogP contribution in [0.4, 0.5) is 0 Å². The summed E-state index contributed by atoms with van der Waals surface area (Å²) in [4.78, 5) is 4.58. The molecule has 0 unspecified atom stereocenters. The molecule has 1 aliphatic carbocycles. The van der Waals surface area contributed by atoms with Crippen molar-refractivity contribution in [3.05, 3.63) is 40.4 Å². The first kappa shape index (κ1) is 9.95. The summed E-state index contributed by atoms with van der Waals surface area (Å²) in [6.45, 7) is 2.58. The lowest BCUT2D eigenvalue weighted by Crippen LogP contribution is -2.45. The molecule has 2 N–H and O–H groups in total. The highest BCUT2D eigenvalue weighted by Gasteiger charge is 2.31. The van der Waals surface area contributed by atoms with Crippen LogP contribution in [0, 0.1) is 0 Å². The third kappa shape index (κ3) is 1.16. The van der Waals surface area contributed by atoms with Crippen LogP contribution in [-0.2, 0) is 13.0 Å².